The third-order valence-corrected chi connectivity index (χ3v) is 6.04. The van der Waals surface area contributed by atoms with Crippen LogP contribution >= 0.6 is 0 Å². The van der Waals surface area contributed by atoms with Crippen molar-refractivity contribution in [2.24, 2.45) is 5.92 Å². The van der Waals surface area contributed by atoms with Crippen LogP contribution in [0, 0.1) is 5.92 Å². The number of nitrogens with zero attached hydrogens (tertiary/aromatic N) is 4. The molecule has 3 aromatic rings. The fourth-order valence-electron chi connectivity index (χ4n) is 4.16. The molecule has 0 spiro atoms. The molecule has 182 valence electrons. The molecule has 1 aliphatic carbocycles. The topological polar surface area (TPSA) is 127 Å². The van der Waals surface area contributed by atoms with Crippen LogP contribution in [0.25, 0.3) is 11.1 Å². The fourth-order valence-corrected chi connectivity index (χ4v) is 4.16. The number of rotatable bonds is 9. The second-order valence-corrected chi connectivity index (χ2v) is 8.60. The molecule has 10 heteroatoms. The minimum absolute atomic E-state index is 0.0270. The molecule has 2 amide bonds. The number of ether oxygens (including phenoxy) is 1. The Morgan fingerprint density at radius 2 is 1.74 bits per heavy atom. The zero-order valence-corrected chi connectivity index (χ0v) is 19.5. The van der Waals surface area contributed by atoms with Gasteiger partial charge in [0.2, 0.25) is 5.91 Å². The molecule has 0 aliphatic heterocycles. The first-order valence-corrected chi connectivity index (χ1v) is 11.3. The molecule has 0 radical (unpaired) electrons. The van der Waals surface area contributed by atoms with Gasteiger partial charge in [0.05, 0.1) is 18.7 Å². The predicted octanol–water partition coefficient (Wildman–Crippen LogP) is 2.50. The first-order chi connectivity index (χ1) is 16.8. The number of nitrogens with one attached hydrogen (secondary N) is 1. The molecular weight excluding hydrogens is 450 g/mol. The van der Waals surface area contributed by atoms with Crippen molar-refractivity contribution in [3.63, 3.8) is 0 Å². The highest BCUT2D eigenvalue weighted by Crippen LogP contribution is 2.44. The van der Waals surface area contributed by atoms with Gasteiger partial charge in [-0.05, 0) is 22.3 Å². The maximum absolute atomic E-state index is 12.3. The summed E-state index contributed by atoms with van der Waals surface area (Å²) in [6, 6.07) is 16.2. The van der Waals surface area contributed by atoms with Crippen LogP contribution in [-0.4, -0.2) is 63.2 Å². The number of carbonyl (C=O) groups excluding carboxylic acids is 2. The van der Waals surface area contributed by atoms with Gasteiger partial charge in [-0.25, -0.2) is 9.48 Å². The largest absolute Gasteiger partial charge is 0.481 e. The molecule has 10 nitrogen and oxygen atoms in total. The first-order valence-electron chi connectivity index (χ1n) is 11.3. The lowest BCUT2D eigenvalue weighted by Gasteiger charge is -2.19. The SMILES string of the molecule is CC(CN(C)C(=O)Cn1cc(CNC(=O)OCC2c3ccccc3-c3ccccc32)nn1)C(=O)O. The van der Waals surface area contributed by atoms with E-state index in [1.54, 1.807) is 6.20 Å². The molecule has 0 saturated heterocycles. The lowest BCUT2D eigenvalue weighted by atomic mass is 9.98. The van der Waals surface area contributed by atoms with Crippen LogP contribution in [-0.2, 0) is 27.4 Å². The van der Waals surface area contributed by atoms with Crippen molar-refractivity contribution in [3.8, 4) is 11.1 Å². The number of amides is 2. The first kappa shape index (κ1) is 23.9. The highest BCUT2D eigenvalue weighted by atomic mass is 16.5. The smallest absolute Gasteiger partial charge is 0.407 e. The van der Waals surface area contributed by atoms with Gasteiger partial charge in [-0.2, -0.15) is 0 Å². The molecular formula is C25H27N5O5. The minimum atomic E-state index is -0.966. The van der Waals surface area contributed by atoms with Crippen LogP contribution in [0.5, 0.6) is 0 Å². The van der Waals surface area contributed by atoms with E-state index in [9.17, 15) is 14.4 Å². The van der Waals surface area contributed by atoms with Crippen LogP contribution in [0.1, 0.15) is 29.7 Å². The van der Waals surface area contributed by atoms with E-state index in [-0.39, 0.29) is 38.1 Å². The number of alkyl carbamates (subject to hydrolysis) is 1. The van der Waals surface area contributed by atoms with Crippen molar-refractivity contribution >= 4 is 18.0 Å². The van der Waals surface area contributed by atoms with Crippen molar-refractivity contribution in [3.05, 3.63) is 71.5 Å². The zero-order valence-electron chi connectivity index (χ0n) is 19.5. The summed E-state index contributed by atoms with van der Waals surface area (Å²) in [6.45, 7) is 1.85. The molecule has 0 bridgehead atoms. The van der Waals surface area contributed by atoms with Crippen LogP contribution < -0.4 is 5.32 Å². The highest BCUT2D eigenvalue weighted by molar-refractivity contribution is 5.79. The van der Waals surface area contributed by atoms with Crippen molar-refractivity contribution in [1.29, 1.82) is 0 Å². The number of aromatic nitrogens is 3. The molecule has 2 aromatic carbocycles. The number of fused-ring (bicyclic) bond motifs is 3. The second kappa shape index (κ2) is 10.4. The molecule has 0 fully saturated rings. The predicted molar refractivity (Wildman–Crippen MR) is 126 cm³/mol. The average molecular weight is 478 g/mol. The van der Waals surface area contributed by atoms with E-state index >= 15 is 0 Å². The maximum Gasteiger partial charge on any atom is 0.407 e. The van der Waals surface area contributed by atoms with Gasteiger partial charge in [0.15, 0.2) is 0 Å². The number of hydrogen-bond acceptors (Lipinski definition) is 6. The Morgan fingerprint density at radius 3 is 2.37 bits per heavy atom. The van der Waals surface area contributed by atoms with Crippen LogP contribution in [0.4, 0.5) is 4.79 Å². The Balaban J connectivity index is 1.27. The fraction of sp³-hybridized carbons (Fsp3) is 0.320. The van der Waals surface area contributed by atoms with E-state index in [4.69, 9.17) is 9.84 Å². The van der Waals surface area contributed by atoms with Crippen molar-refractivity contribution < 1.29 is 24.2 Å². The van der Waals surface area contributed by atoms with E-state index in [0.29, 0.717) is 5.69 Å². The Morgan fingerprint density at radius 1 is 1.11 bits per heavy atom. The summed E-state index contributed by atoms with van der Waals surface area (Å²) >= 11 is 0. The summed E-state index contributed by atoms with van der Waals surface area (Å²) in [5.74, 6) is -1.96. The summed E-state index contributed by atoms with van der Waals surface area (Å²) in [6.07, 6.45) is 0.982. The van der Waals surface area contributed by atoms with E-state index in [1.165, 1.54) is 23.6 Å². The lowest BCUT2D eigenvalue weighted by Crippen LogP contribution is -2.35. The summed E-state index contributed by atoms with van der Waals surface area (Å²) in [5, 5.41) is 19.5. The molecule has 2 N–H and O–H groups in total. The number of likely N-dealkylation sites (N-methyl/N-ethyl adjacent to an activating group) is 1. The summed E-state index contributed by atoms with van der Waals surface area (Å²) in [5.41, 5.74) is 5.05. The molecule has 1 aliphatic rings. The minimum Gasteiger partial charge on any atom is -0.481 e. The lowest BCUT2D eigenvalue weighted by molar-refractivity contribution is -0.142. The standard InChI is InChI=1S/C25H27N5O5/c1-16(24(32)33)12-29(2)23(31)14-30-13-17(27-28-30)11-26-25(34)35-15-22-20-9-5-3-7-18(20)19-8-4-6-10-21(19)22/h3-10,13,16,22H,11-12,14-15H2,1-2H3,(H,26,34)(H,32,33). The molecule has 1 atom stereocenters. The Labute approximate surface area is 202 Å². The van der Waals surface area contributed by atoms with Gasteiger partial charge in [-0.1, -0.05) is 60.7 Å². The highest BCUT2D eigenvalue weighted by Gasteiger charge is 2.29. The summed E-state index contributed by atoms with van der Waals surface area (Å²) in [7, 11) is 1.54. The van der Waals surface area contributed by atoms with Gasteiger partial charge in [-0.3, -0.25) is 9.59 Å². The molecule has 0 saturated carbocycles. The van der Waals surface area contributed by atoms with Crippen LogP contribution in [0.2, 0.25) is 0 Å². The van der Waals surface area contributed by atoms with Gasteiger partial charge >= 0.3 is 12.1 Å². The number of aliphatic carboxylic acids is 1. The number of carboxylic acid groups (broad SMARTS) is 1. The van der Waals surface area contributed by atoms with Gasteiger partial charge in [0.25, 0.3) is 0 Å². The molecule has 1 heterocycles. The Bertz CT molecular complexity index is 1190. The number of benzene rings is 2. The van der Waals surface area contributed by atoms with Crippen LogP contribution in [0.3, 0.4) is 0 Å². The van der Waals surface area contributed by atoms with Crippen molar-refractivity contribution in [2.45, 2.75) is 25.9 Å². The number of carbonyl (C=O) groups is 3. The van der Waals surface area contributed by atoms with Gasteiger partial charge in [-0.15, -0.1) is 5.10 Å². The van der Waals surface area contributed by atoms with Crippen molar-refractivity contribution in [1.82, 2.24) is 25.2 Å². The third kappa shape index (κ3) is 5.48. The zero-order chi connectivity index (χ0) is 24.9. The van der Waals surface area contributed by atoms with Gasteiger partial charge in [0, 0.05) is 19.5 Å². The summed E-state index contributed by atoms with van der Waals surface area (Å²) < 4.78 is 6.85. The molecule has 1 aromatic heterocycles. The Kier molecular flexibility index (Phi) is 7.09. The van der Waals surface area contributed by atoms with E-state index in [1.807, 2.05) is 24.3 Å². The van der Waals surface area contributed by atoms with E-state index in [0.717, 1.165) is 22.3 Å². The summed E-state index contributed by atoms with van der Waals surface area (Å²) in [4.78, 5) is 36.9. The van der Waals surface area contributed by atoms with Crippen molar-refractivity contribution in [2.75, 3.05) is 20.2 Å². The molecule has 1 unspecified atom stereocenters. The molecule has 35 heavy (non-hydrogen) atoms. The van der Waals surface area contributed by atoms with Gasteiger partial charge < -0.3 is 20.1 Å². The third-order valence-electron chi connectivity index (χ3n) is 6.04. The molecule has 4 rings (SSSR count). The van der Waals surface area contributed by atoms with Crippen LogP contribution in [0.15, 0.2) is 54.7 Å². The monoisotopic (exact) mass is 477 g/mol. The van der Waals surface area contributed by atoms with Gasteiger partial charge in [0.1, 0.15) is 18.8 Å². The normalized spacial score (nSPS) is 13.0. The number of hydrogen-bond donors (Lipinski definition) is 2. The second-order valence-electron chi connectivity index (χ2n) is 8.60. The quantitative estimate of drug-likeness (QED) is 0.485. The Hall–Kier alpha value is -4.21. The van der Waals surface area contributed by atoms with E-state index < -0.39 is 18.0 Å². The average Bonchev–Trinajstić information content (AvgIpc) is 3.43. The van der Waals surface area contributed by atoms with E-state index in [2.05, 4.69) is 39.9 Å². The maximum atomic E-state index is 12.3. The number of carboxylic acids is 1.